The number of hydrogen-bond acceptors (Lipinski definition) is 5. The summed E-state index contributed by atoms with van der Waals surface area (Å²) in [4.78, 5) is 40.7. The Bertz CT molecular complexity index is 1010. The van der Waals surface area contributed by atoms with Crippen molar-refractivity contribution in [3.05, 3.63) is 65.2 Å². The minimum absolute atomic E-state index is 0.0361. The lowest BCUT2D eigenvalue weighted by Crippen LogP contribution is -2.60. The number of hydrogen-bond donors (Lipinski definition) is 1. The van der Waals surface area contributed by atoms with E-state index < -0.39 is 17.4 Å². The van der Waals surface area contributed by atoms with Gasteiger partial charge in [-0.3, -0.25) is 9.59 Å². The molecular weight excluding hydrogens is 408 g/mol. The second kappa shape index (κ2) is 9.12. The van der Waals surface area contributed by atoms with E-state index in [1.165, 1.54) is 7.11 Å². The van der Waals surface area contributed by atoms with Gasteiger partial charge in [0, 0.05) is 24.9 Å². The average Bonchev–Trinajstić information content (AvgIpc) is 3.29. The number of esters is 1. The zero-order chi connectivity index (χ0) is 22.7. The van der Waals surface area contributed by atoms with Crippen LogP contribution in [0.2, 0.25) is 0 Å². The lowest BCUT2D eigenvalue weighted by atomic mass is 9.71. The van der Waals surface area contributed by atoms with Crippen LogP contribution in [0.25, 0.3) is 0 Å². The molecule has 4 rings (SSSR count). The van der Waals surface area contributed by atoms with Crippen molar-refractivity contribution in [3.63, 3.8) is 0 Å². The van der Waals surface area contributed by atoms with Gasteiger partial charge in [0.1, 0.15) is 0 Å². The van der Waals surface area contributed by atoms with Crippen molar-refractivity contribution in [2.45, 2.75) is 37.1 Å². The summed E-state index contributed by atoms with van der Waals surface area (Å²) in [6.07, 6.45) is 3.49. The zero-order valence-corrected chi connectivity index (χ0v) is 18.4. The fraction of sp³-hybridized carbons (Fsp3) is 0.400. The van der Waals surface area contributed by atoms with Gasteiger partial charge in [0.05, 0.1) is 30.7 Å². The molecule has 32 heavy (non-hydrogen) atoms. The molecule has 1 aliphatic heterocycles. The van der Waals surface area contributed by atoms with Crippen LogP contribution in [0.4, 0.5) is 5.69 Å². The third-order valence-corrected chi connectivity index (χ3v) is 6.65. The van der Waals surface area contributed by atoms with Crippen LogP contribution in [-0.4, -0.2) is 55.6 Å². The second-order valence-corrected chi connectivity index (χ2v) is 8.34. The van der Waals surface area contributed by atoms with E-state index in [0.717, 1.165) is 31.2 Å². The van der Waals surface area contributed by atoms with Crippen LogP contribution < -0.4 is 5.32 Å². The fourth-order valence-corrected chi connectivity index (χ4v) is 5.20. The van der Waals surface area contributed by atoms with Gasteiger partial charge in [-0.15, -0.1) is 0 Å². The Labute approximate surface area is 187 Å². The van der Waals surface area contributed by atoms with Crippen LogP contribution in [0, 0.1) is 0 Å². The van der Waals surface area contributed by atoms with E-state index in [1.807, 2.05) is 23.1 Å². The third-order valence-electron chi connectivity index (χ3n) is 6.65. The number of methoxy groups -OCH3 is 2. The van der Waals surface area contributed by atoms with Gasteiger partial charge in [-0.2, -0.15) is 0 Å². The molecule has 2 aromatic rings. The third kappa shape index (κ3) is 3.77. The first-order valence-electron chi connectivity index (χ1n) is 10.9. The van der Waals surface area contributed by atoms with Crippen LogP contribution in [0.1, 0.15) is 57.9 Å². The number of nitrogens with one attached hydrogen (secondary N) is 1. The molecule has 2 aliphatic rings. The Morgan fingerprint density at radius 3 is 2.41 bits per heavy atom. The van der Waals surface area contributed by atoms with Gasteiger partial charge in [0.15, 0.2) is 0 Å². The van der Waals surface area contributed by atoms with Crippen molar-refractivity contribution in [1.29, 1.82) is 0 Å². The minimum atomic E-state index is -0.569. The Hall–Kier alpha value is -3.19. The summed E-state index contributed by atoms with van der Waals surface area (Å²) >= 11 is 0. The van der Waals surface area contributed by atoms with Crippen molar-refractivity contribution in [3.8, 4) is 0 Å². The molecule has 0 aromatic heterocycles. The van der Waals surface area contributed by atoms with E-state index in [1.54, 1.807) is 37.4 Å². The lowest BCUT2D eigenvalue weighted by Gasteiger charge is -2.50. The highest BCUT2D eigenvalue weighted by Crippen LogP contribution is 2.50. The zero-order valence-electron chi connectivity index (χ0n) is 18.4. The number of fused-ring (bicyclic) bond motifs is 1. The molecule has 0 radical (unpaired) electrons. The molecule has 1 aliphatic carbocycles. The van der Waals surface area contributed by atoms with E-state index in [0.29, 0.717) is 30.0 Å². The van der Waals surface area contributed by atoms with Crippen LogP contribution in [0.15, 0.2) is 48.5 Å². The number of rotatable bonds is 6. The van der Waals surface area contributed by atoms with Gasteiger partial charge in [0.25, 0.3) is 5.91 Å². The Balaban J connectivity index is 1.71. The van der Waals surface area contributed by atoms with Gasteiger partial charge in [0.2, 0.25) is 5.91 Å². The van der Waals surface area contributed by atoms with E-state index >= 15 is 0 Å². The number of anilines is 1. The maximum atomic E-state index is 13.7. The van der Waals surface area contributed by atoms with Gasteiger partial charge < -0.3 is 19.7 Å². The fourth-order valence-electron chi connectivity index (χ4n) is 5.20. The van der Waals surface area contributed by atoms with Crippen LogP contribution >= 0.6 is 0 Å². The second-order valence-electron chi connectivity index (χ2n) is 8.34. The number of benzene rings is 2. The molecule has 1 spiro atoms. The summed E-state index contributed by atoms with van der Waals surface area (Å²) in [5.41, 5.74) is 1.78. The molecule has 1 atom stereocenters. The van der Waals surface area contributed by atoms with Gasteiger partial charge in [-0.25, -0.2) is 4.79 Å². The maximum Gasteiger partial charge on any atom is 0.337 e. The van der Waals surface area contributed by atoms with Crippen LogP contribution in [0.3, 0.4) is 0 Å². The summed E-state index contributed by atoms with van der Waals surface area (Å²) in [7, 11) is 2.95. The minimum Gasteiger partial charge on any atom is -0.465 e. The first-order valence-corrected chi connectivity index (χ1v) is 10.9. The standard InChI is InChI=1S/C25H28N2O5/c1-31-16-15-27-23(29)20-8-4-3-7-19(20)21(25(27)13-5-6-14-25)22(28)26-18-11-9-17(10-12-18)24(30)32-2/h3-4,7-12,21H,5-6,13-16H2,1-2H3,(H,26,28). The molecule has 1 heterocycles. The van der Waals surface area contributed by atoms with E-state index in [4.69, 9.17) is 9.47 Å². The highest BCUT2D eigenvalue weighted by atomic mass is 16.5. The van der Waals surface area contributed by atoms with Crippen molar-refractivity contribution < 1.29 is 23.9 Å². The first kappa shape index (κ1) is 22.0. The van der Waals surface area contributed by atoms with Crippen molar-refractivity contribution in [2.75, 3.05) is 32.7 Å². The predicted molar refractivity (Wildman–Crippen MR) is 120 cm³/mol. The summed E-state index contributed by atoms with van der Waals surface area (Å²) in [5, 5.41) is 3.02. The number of ether oxygens (including phenoxy) is 2. The number of carbonyl (C=O) groups is 3. The predicted octanol–water partition coefficient (Wildman–Crippen LogP) is 3.61. The van der Waals surface area contributed by atoms with E-state index in [-0.39, 0.29) is 11.8 Å². The van der Waals surface area contributed by atoms with Gasteiger partial charge >= 0.3 is 5.97 Å². The van der Waals surface area contributed by atoms with Crippen molar-refractivity contribution in [2.24, 2.45) is 0 Å². The molecule has 2 aromatic carbocycles. The average molecular weight is 437 g/mol. The monoisotopic (exact) mass is 436 g/mol. The van der Waals surface area contributed by atoms with Crippen molar-refractivity contribution >= 4 is 23.5 Å². The lowest BCUT2D eigenvalue weighted by molar-refractivity contribution is -0.121. The molecule has 7 heteroatoms. The normalized spacial score (nSPS) is 19.0. The molecular formula is C25H28N2O5. The molecule has 1 N–H and O–H groups in total. The van der Waals surface area contributed by atoms with Gasteiger partial charge in [-0.05, 0) is 48.7 Å². The summed E-state index contributed by atoms with van der Waals surface area (Å²) in [6, 6.07) is 14.0. The molecule has 0 bridgehead atoms. The summed E-state index contributed by atoms with van der Waals surface area (Å²) in [6.45, 7) is 0.861. The van der Waals surface area contributed by atoms with Crippen LogP contribution in [-0.2, 0) is 14.3 Å². The molecule has 1 fully saturated rings. The Morgan fingerprint density at radius 1 is 1.06 bits per heavy atom. The molecule has 1 saturated carbocycles. The molecule has 168 valence electrons. The quantitative estimate of drug-likeness (QED) is 0.700. The summed E-state index contributed by atoms with van der Waals surface area (Å²) < 4.78 is 10.0. The molecule has 0 saturated heterocycles. The highest BCUT2D eigenvalue weighted by molar-refractivity contribution is 6.05. The number of amides is 2. The first-order chi connectivity index (χ1) is 15.5. The van der Waals surface area contributed by atoms with Crippen molar-refractivity contribution in [1.82, 2.24) is 4.90 Å². The Kier molecular flexibility index (Phi) is 6.28. The number of carbonyl (C=O) groups excluding carboxylic acids is 3. The van der Waals surface area contributed by atoms with E-state index in [9.17, 15) is 14.4 Å². The molecule has 7 nitrogen and oxygen atoms in total. The van der Waals surface area contributed by atoms with Crippen LogP contribution in [0.5, 0.6) is 0 Å². The molecule has 1 unspecified atom stereocenters. The summed E-state index contributed by atoms with van der Waals surface area (Å²) in [5.74, 6) is -1.11. The SMILES string of the molecule is COCCN1C(=O)c2ccccc2C(C(=O)Nc2ccc(C(=O)OC)cc2)C12CCCC2. The smallest absolute Gasteiger partial charge is 0.337 e. The van der Waals surface area contributed by atoms with Gasteiger partial charge in [-0.1, -0.05) is 31.0 Å². The molecule has 2 amide bonds. The largest absolute Gasteiger partial charge is 0.465 e. The number of nitrogens with zero attached hydrogens (tertiary/aromatic N) is 1. The maximum absolute atomic E-state index is 13.7. The highest BCUT2D eigenvalue weighted by Gasteiger charge is 2.55. The van der Waals surface area contributed by atoms with E-state index in [2.05, 4.69) is 5.32 Å². The Morgan fingerprint density at radius 2 is 1.75 bits per heavy atom. The topological polar surface area (TPSA) is 84.9 Å².